The minimum absolute atomic E-state index is 0.191. The topological polar surface area (TPSA) is 89.0 Å². The molecule has 2 aliphatic rings. The number of aliphatic hydroxyl groups is 1. The summed E-state index contributed by atoms with van der Waals surface area (Å²) < 4.78 is 11.5. The van der Waals surface area contributed by atoms with Crippen molar-refractivity contribution in [2.75, 3.05) is 13.2 Å². The van der Waals surface area contributed by atoms with Crippen LogP contribution in [0, 0.1) is 0 Å². The zero-order valence-electron chi connectivity index (χ0n) is 23.7. The van der Waals surface area contributed by atoms with Crippen molar-refractivity contribution in [1.82, 2.24) is 9.88 Å². The van der Waals surface area contributed by atoms with Gasteiger partial charge in [0.25, 0.3) is 0 Å². The lowest BCUT2D eigenvalue weighted by atomic mass is 9.80. The highest BCUT2D eigenvalue weighted by atomic mass is 16.6. The van der Waals surface area contributed by atoms with E-state index in [-0.39, 0.29) is 18.1 Å². The van der Waals surface area contributed by atoms with Crippen LogP contribution in [-0.4, -0.2) is 45.8 Å². The van der Waals surface area contributed by atoms with Gasteiger partial charge in [-0.3, -0.25) is 9.78 Å². The number of cyclic esters (lactones) is 1. The number of pyridine rings is 1. The van der Waals surface area contributed by atoms with Gasteiger partial charge >= 0.3 is 12.1 Å². The molecule has 2 aromatic carbocycles. The number of rotatable bonds is 9. The second kappa shape index (κ2) is 10.7. The average Bonchev–Trinajstić information content (AvgIpc) is 3.75. The van der Waals surface area contributed by atoms with E-state index in [0.717, 1.165) is 40.8 Å². The van der Waals surface area contributed by atoms with Crippen LogP contribution < -0.4 is 0 Å². The third-order valence-electron chi connectivity index (χ3n) is 8.15. The molecule has 1 unspecified atom stereocenters. The van der Waals surface area contributed by atoms with Crippen molar-refractivity contribution in [3.8, 4) is 11.1 Å². The quantitative estimate of drug-likeness (QED) is 0.319. The Hall–Kier alpha value is -3.71. The van der Waals surface area contributed by atoms with Crippen molar-refractivity contribution in [3.63, 3.8) is 0 Å². The lowest BCUT2D eigenvalue weighted by molar-refractivity contribution is -0.146. The maximum absolute atomic E-state index is 13.4. The molecule has 0 bridgehead atoms. The standard InChI is InChI=1S/C33H38N2O5/c1-5-39-29(36)32(16-17-32)28-21-26(15-19-34-28)25-13-11-24(12-14-25)23(2)35-20-18-33(40-30(35)37,22-31(3,4)38)27-9-7-6-8-10-27/h6-15,19,21,23,38H,5,16-18,20,22H2,1-4H3/t23-,33?/m0/s1. The third-order valence-corrected chi connectivity index (χ3v) is 8.15. The van der Waals surface area contributed by atoms with Crippen LogP contribution in [0.15, 0.2) is 72.9 Å². The highest BCUT2D eigenvalue weighted by molar-refractivity contribution is 5.86. The highest BCUT2D eigenvalue weighted by Crippen LogP contribution is 2.49. The zero-order chi connectivity index (χ0) is 28.5. The summed E-state index contributed by atoms with van der Waals surface area (Å²) >= 11 is 0. The predicted octanol–water partition coefficient (Wildman–Crippen LogP) is 6.30. The summed E-state index contributed by atoms with van der Waals surface area (Å²) in [5.41, 5.74) is 2.15. The zero-order valence-corrected chi connectivity index (χ0v) is 23.7. The molecule has 210 valence electrons. The van der Waals surface area contributed by atoms with E-state index >= 15 is 0 Å². The summed E-state index contributed by atoms with van der Waals surface area (Å²) in [5.74, 6) is -0.198. The van der Waals surface area contributed by atoms with E-state index in [4.69, 9.17) is 9.47 Å². The van der Waals surface area contributed by atoms with E-state index in [0.29, 0.717) is 26.0 Å². The van der Waals surface area contributed by atoms with Crippen molar-refractivity contribution < 1.29 is 24.2 Å². The van der Waals surface area contributed by atoms with E-state index in [9.17, 15) is 14.7 Å². The van der Waals surface area contributed by atoms with Gasteiger partial charge in [0.05, 0.1) is 23.9 Å². The van der Waals surface area contributed by atoms with Gasteiger partial charge in [0.15, 0.2) is 0 Å². The van der Waals surface area contributed by atoms with Crippen molar-refractivity contribution in [1.29, 1.82) is 0 Å². The van der Waals surface area contributed by atoms with Crippen molar-refractivity contribution in [3.05, 3.63) is 89.7 Å². The molecule has 2 fully saturated rings. The normalized spacial score (nSPS) is 20.9. The molecule has 40 heavy (non-hydrogen) atoms. The van der Waals surface area contributed by atoms with Crippen LogP contribution in [0.2, 0.25) is 0 Å². The van der Waals surface area contributed by atoms with Crippen LogP contribution in [0.5, 0.6) is 0 Å². The molecule has 0 radical (unpaired) electrons. The Bertz CT molecular complexity index is 1360. The lowest BCUT2D eigenvalue weighted by Crippen LogP contribution is -2.51. The lowest BCUT2D eigenvalue weighted by Gasteiger charge is -2.45. The van der Waals surface area contributed by atoms with Crippen LogP contribution >= 0.6 is 0 Å². The van der Waals surface area contributed by atoms with Crippen molar-refractivity contribution in [2.24, 2.45) is 0 Å². The molecule has 0 spiro atoms. The summed E-state index contributed by atoms with van der Waals surface area (Å²) in [5, 5.41) is 10.6. The summed E-state index contributed by atoms with van der Waals surface area (Å²) in [6.45, 7) is 8.18. The minimum Gasteiger partial charge on any atom is -0.465 e. The van der Waals surface area contributed by atoms with E-state index in [1.807, 2.05) is 80.6 Å². The number of amides is 1. The number of ether oxygens (including phenoxy) is 2. The van der Waals surface area contributed by atoms with Gasteiger partial charge in [0.2, 0.25) is 0 Å². The minimum atomic E-state index is -0.998. The Morgan fingerprint density at radius 2 is 1.77 bits per heavy atom. The average molecular weight is 543 g/mol. The molecule has 2 atom stereocenters. The van der Waals surface area contributed by atoms with Crippen LogP contribution in [0.25, 0.3) is 11.1 Å². The van der Waals surface area contributed by atoms with Crippen LogP contribution in [0.4, 0.5) is 4.79 Å². The number of carbonyl (C=O) groups is 2. The maximum atomic E-state index is 13.4. The van der Waals surface area contributed by atoms with Gasteiger partial charge in [-0.25, -0.2) is 4.79 Å². The molecule has 1 saturated heterocycles. The maximum Gasteiger partial charge on any atom is 0.411 e. The number of hydrogen-bond acceptors (Lipinski definition) is 6. The van der Waals surface area contributed by atoms with Gasteiger partial charge in [-0.15, -0.1) is 0 Å². The molecule has 1 aliphatic carbocycles. The van der Waals surface area contributed by atoms with Gasteiger partial charge in [-0.2, -0.15) is 0 Å². The number of nitrogens with zero attached hydrogens (tertiary/aromatic N) is 2. The summed E-state index contributed by atoms with van der Waals surface area (Å²) in [6.07, 6.45) is 3.77. The molecule has 1 N–H and O–H groups in total. The molecule has 5 rings (SSSR count). The molecule has 1 saturated carbocycles. The molecule has 7 heteroatoms. The number of aromatic nitrogens is 1. The Labute approximate surface area is 236 Å². The van der Waals surface area contributed by atoms with E-state index in [1.165, 1.54) is 0 Å². The summed E-state index contributed by atoms with van der Waals surface area (Å²) in [7, 11) is 0. The SMILES string of the molecule is CCOC(=O)C1(c2cc(-c3ccc([C@H](C)N4CCC(CC(C)(C)O)(c5ccccc5)OC4=O)cc3)ccn2)CC1. The first-order chi connectivity index (χ1) is 19.1. The fourth-order valence-corrected chi connectivity index (χ4v) is 5.86. The Balaban J connectivity index is 1.32. The largest absolute Gasteiger partial charge is 0.465 e. The van der Waals surface area contributed by atoms with E-state index in [2.05, 4.69) is 4.98 Å². The Morgan fingerprint density at radius 3 is 2.38 bits per heavy atom. The smallest absolute Gasteiger partial charge is 0.411 e. The predicted molar refractivity (Wildman–Crippen MR) is 152 cm³/mol. The molecule has 1 aromatic heterocycles. The first-order valence-corrected chi connectivity index (χ1v) is 14.1. The Kier molecular flexibility index (Phi) is 7.44. The summed E-state index contributed by atoms with van der Waals surface area (Å²) in [6, 6.07) is 21.6. The molecular formula is C33H38N2O5. The van der Waals surface area contributed by atoms with Crippen LogP contribution in [0.3, 0.4) is 0 Å². The fraction of sp³-hybridized carbons (Fsp3) is 0.424. The summed E-state index contributed by atoms with van der Waals surface area (Å²) in [4.78, 5) is 32.2. The van der Waals surface area contributed by atoms with Gasteiger partial charge in [-0.05, 0) is 74.9 Å². The van der Waals surface area contributed by atoms with Gasteiger partial charge < -0.3 is 19.5 Å². The van der Waals surface area contributed by atoms with Gasteiger partial charge in [0, 0.05) is 25.6 Å². The molecular weight excluding hydrogens is 504 g/mol. The number of carbonyl (C=O) groups excluding carboxylic acids is 2. The second-order valence-corrected chi connectivity index (χ2v) is 11.7. The number of hydrogen-bond donors (Lipinski definition) is 1. The van der Waals surface area contributed by atoms with Gasteiger partial charge in [0.1, 0.15) is 11.0 Å². The number of esters is 1. The molecule has 1 amide bonds. The van der Waals surface area contributed by atoms with Gasteiger partial charge in [-0.1, -0.05) is 54.6 Å². The molecule has 7 nitrogen and oxygen atoms in total. The van der Waals surface area contributed by atoms with Crippen molar-refractivity contribution in [2.45, 2.75) is 76.0 Å². The van der Waals surface area contributed by atoms with Crippen LogP contribution in [-0.2, 0) is 25.3 Å². The third kappa shape index (κ3) is 5.48. The second-order valence-electron chi connectivity index (χ2n) is 11.7. The monoisotopic (exact) mass is 542 g/mol. The fourth-order valence-electron chi connectivity index (χ4n) is 5.86. The van der Waals surface area contributed by atoms with E-state index < -0.39 is 16.6 Å². The first kappa shape index (κ1) is 27.8. The Morgan fingerprint density at radius 1 is 1.07 bits per heavy atom. The van der Waals surface area contributed by atoms with Crippen molar-refractivity contribution >= 4 is 12.1 Å². The molecule has 1 aliphatic heterocycles. The number of benzene rings is 2. The van der Waals surface area contributed by atoms with Crippen LogP contribution in [0.1, 0.15) is 76.2 Å². The van der Waals surface area contributed by atoms with E-state index in [1.54, 1.807) is 24.9 Å². The molecule has 2 heterocycles. The molecule has 3 aromatic rings. The highest BCUT2D eigenvalue weighted by Gasteiger charge is 2.54. The first-order valence-electron chi connectivity index (χ1n) is 14.1.